The van der Waals surface area contributed by atoms with Crippen molar-refractivity contribution in [1.29, 1.82) is 0 Å². The van der Waals surface area contributed by atoms with Crippen LogP contribution in [0, 0.1) is 0 Å². The number of pyridine rings is 1. The zero-order chi connectivity index (χ0) is 46.4. The number of anilines is 2. The fraction of sp³-hybridized carbons (Fsp3) is 0.390. The van der Waals surface area contributed by atoms with Crippen LogP contribution in [-0.2, 0) is 42.3 Å². The molecule has 65 heavy (non-hydrogen) atoms. The second-order valence-corrected chi connectivity index (χ2v) is 16.2. The van der Waals surface area contributed by atoms with Crippen molar-refractivity contribution in [3.63, 3.8) is 0 Å². The molecule has 1 aromatic carbocycles. The maximum atomic E-state index is 14.6. The number of nitrogens with zero attached hydrogens (tertiary/aromatic N) is 8. The van der Waals surface area contributed by atoms with Crippen LogP contribution in [0.5, 0.6) is 0 Å². The molecule has 5 amide bonds. The Morgan fingerprint density at radius 2 is 1.65 bits per heavy atom. The lowest BCUT2D eigenvalue weighted by molar-refractivity contribution is -0.147. The van der Waals surface area contributed by atoms with Crippen LogP contribution in [0.4, 0.5) is 16.2 Å². The number of nitrogens with one attached hydrogen (secondary N) is 5. The number of rotatable bonds is 16. The Kier molecular flexibility index (Phi) is 14.5. The van der Waals surface area contributed by atoms with Crippen molar-refractivity contribution in [3.05, 3.63) is 77.0 Å². The molecule has 24 heteroatoms. The number of likely N-dealkylation sites (tertiary alicyclic amines) is 1. The van der Waals surface area contributed by atoms with Crippen LogP contribution in [0.25, 0.3) is 22.0 Å². The molecule has 0 aliphatic carbocycles. The number of hydrogen-bond donors (Lipinski definition) is 7. The van der Waals surface area contributed by atoms with Gasteiger partial charge in [0.05, 0.1) is 50.6 Å². The van der Waals surface area contributed by atoms with Crippen molar-refractivity contribution < 1.29 is 48.1 Å². The number of halogens is 2. The van der Waals surface area contributed by atoms with Gasteiger partial charge < -0.3 is 46.4 Å². The molecule has 2 fully saturated rings. The minimum atomic E-state index is -1.42. The number of alkyl halides is 1. The van der Waals surface area contributed by atoms with Gasteiger partial charge in [-0.05, 0) is 51.3 Å². The largest absolute Gasteiger partial charge is 0.390 e. The molecule has 2 aliphatic heterocycles. The van der Waals surface area contributed by atoms with Gasteiger partial charge in [0.25, 0.3) is 0 Å². The summed E-state index contributed by atoms with van der Waals surface area (Å²) >= 11 is 3.24. The van der Waals surface area contributed by atoms with Crippen LogP contribution in [0.2, 0.25) is 0 Å². The highest BCUT2D eigenvalue weighted by Crippen LogP contribution is 2.30. The number of carbonyl (C=O) groups is 6. The first-order valence-corrected chi connectivity index (χ1v) is 21.1. The van der Waals surface area contributed by atoms with Crippen LogP contribution in [-0.4, -0.2) is 155 Å². The Balaban J connectivity index is 0.860. The van der Waals surface area contributed by atoms with Gasteiger partial charge in [0, 0.05) is 62.4 Å². The number of Topliss-reactive ketones (excluding diaryl/α,β-unsaturated/α-hetero) is 1. The summed E-state index contributed by atoms with van der Waals surface area (Å²) in [6, 6.07) is 8.93. The van der Waals surface area contributed by atoms with E-state index in [1.807, 2.05) is 0 Å². The van der Waals surface area contributed by atoms with Crippen molar-refractivity contribution >= 4 is 73.9 Å². The van der Waals surface area contributed by atoms with Crippen molar-refractivity contribution in [3.8, 4) is 11.1 Å². The van der Waals surface area contributed by atoms with Gasteiger partial charge in [-0.25, -0.2) is 19.3 Å². The molecule has 6 atom stereocenters. The van der Waals surface area contributed by atoms with E-state index in [0.717, 1.165) is 0 Å². The lowest BCUT2D eigenvalue weighted by Crippen LogP contribution is -2.53. The normalized spacial score (nSPS) is 20.6. The summed E-state index contributed by atoms with van der Waals surface area (Å²) in [5, 5.41) is 42.8. The number of benzene rings is 1. The molecule has 0 saturated carbocycles. The summed E-state index contributed by atoms with van der Waals surface area (Å²) in [4.78, 5) is 90.3. The number of ketones is 1. The van der Waals surface area contributed by atoms with Crippen molar-refractivity contribution in [2.45, 2.75) is 56.3 Å². The van der Waals surface area contributed by atoms with Crippen molar-refractivity contribution in [2.24, 2.45) is 7.05 Å². The molecular weight excluding hydrogens is 917 g/mol. The molecule has 7 rings (SSSR count). The van der Waals surface area contributed by atoms with Gasteiger partial charge in [-0.3, -0.25) is 38.1 Å². The monoisotopic (exact) mass is 961 g/mol. The van der Waals surface area contributed by atoms with Gasteiger partial charge in [0.1, 0.15) is 47.1 Å². The summed E-state index contributed by atoms with van der Waals surface area (Å²) in [6.45, 7) is -0.411. The Morgan fingerprint density at radius 3 is 2.34 bits per heavy atom. The molecule has 342 valence electrons. The number of aliphatic hydroxyl groups is 2. The summed E-state index contributed by atoms with van der Waals surface area (Å²) in [7, 11) is 1.73. The SMILES string of the molecule is CC(=O)c1nn(CC(=O)N2C[C@H](F)C[C@H]2C(=O)Nc2cccc(Br)n2)c2ccc(-c3cnc(NCC(=O)NCC(=O)NCC(=O)NC[C@H]4OC[C@@H](c5cnn(C)c5)[C@@H](O)[C@H]4O)nc3)cc12. The van der Waals surface area contributed by atoms with E-state index in [-0.39, 0.29) is 62.5 Å². The molecule has 22 nitrogen and oxygen atoms in total. The number of amides is 5. The minimum Gasteiger partial charge on any atom is -0.390 e. The Labute approximate surface area is 377 Å². The summed E-state index contributed by atoms with van der Waals surface area (Å²) < 4.78 is 23.7. The highest BCUT2D eigenvalue weighted by molar-refractivity contribution is 9.10. The molecular formula is C41H45BrFN13O9. The molecule has 5 aromatic rings. The predicted molar refractivity (Wildman–Crippen MR) is 232 cm³/mol. The lowest BCUT2D eigenvalue weighted by atomic mass is 9.88. The molecule has 2 aliphatic rings. The fourth-order valence-corrected chi connectivity index (χ4v) is 7.77. The maximum absolute atomic E-state index is 14.6. The van der Waals surface area contributed by atoms with E-state index in [1.54, 1.807) is 60.5 Å². The van der Waals surface area contributed by atoms with Crippen molar-refractivity contribution in [1.82, 2.24) is 55.4 Å². The first-order chi connectivity index (χ1) is 31.1. The van der Waals surface area contributed by atoms with E-state index in [0.29, 0.717) is 32.2 Å². The summed E-state index contributed by atoms with van der Waals surface area (Å²) in [5.74, 6) is -3.41. The van der Waals surface area contributed by atoms with Crippen LogP contribution < -0.4 is 26.6 Å². The highest BCUT2D eigenvalue weighted by atomic mass is 79.9. The van der Waals surface area contributed by atoms with Gasteiger partial charge in [-0.1, -0.05) is 12.1 Å². The maximum Gasteiger partial charge on any atom is 0.248 e. The molecule has 0 radical (unpaired) electrons. The number of aromatic nitrogens is 7. The van der Waals surface area contributed by atoms with E-state index in [2.05, 4.69) is 67.7 Å². The van der Waals surface area contributed by atoms with Crippen LogP contribution in [0.15, 0.2) is 65.8 Å². The number of carbonyl (C=O) groups excluding carboxylic acids is 6. The zero-order valence-corrected chi connectivity index (χ0v) is 36.6. The average Bonchev–Trinajstić information content (AvgIpc) is 4.01. The number of aryl methyl sites for hydroxylation is 1. The van der Waals surface area contributed by atoms with E-state index in [9.17, 15) is 43.4 Å². The minimum absolute atomic E-state index is 0.0969. The molecule has 7 N–H and O–H groups in total. The molecule has 4 aromatic heterocycles. The molecule has 2 saturated heterocycles. The molecule has 0 bridgehead atoms. The first-order valence-electron chi connectivity index (χ1n) is 20.3. The number of aliphatic hydroxyl groups excluding tert-OH is 2. The van der Waals surface area contributed by atoms with E-state index in [1.165, 1.54) is 28.9 Å². The van der Waals surface area contributed by atoms with Gasteiger partial charge in [-0.2, -0.15) is 10.2 Å². The first kappa shape index (κ1) is 46.2. The average molecular weight is 963 g/mol. The Morgan fingerprint density at radius 1 is 0.923 bits per heavy atom. The Bertz CT molecular complexity index is 2590. The smallest absolute Gasteiger partial charge is 0.248 e. The number of hydrogen-bond acceptors (Lipinski definition) is 15. The van der Waals surface area contributed by atoms with E-state index >= 15 is 0 Å². The van der Waals surface area contributed by atoms with Crippen molar-refractivity contribution in [2.75, 3.05) is 50.0 Å². The van der Waals surface area contributed by atoms with Gasteiger partial charge in [-0.15, -0.1) is 0 Å². The van der Waals surface area contributed by atoms with E-state index in [4.69, 9.17) is 4.74 Å². The third-order valence-electron chi connectivity index (χ3n) is 10.8. The highest BCUT2D eigenvalue weighted by Gasteiger charge is 2.41. The predicted octanol–water partition coefficient (Wildman–Crippen LogP) is -0.170. The number of ether oxygens (including phenoxy) is 1. The second-order valence-electron chi connectivity index (χ2n) is 15.4. The fourth-order valence-electron chi connectivity index (χ4n) is 7.43. The van der Waals surface area contributed by atoms with Crippen LogP contribution >= 0.6 is 15.9 Å². The second kappa shape index (κ2) is 20.4. The standard InChI is InChI=1S/C41H45BrFN13O9/c1-21(57)37-26-8-22(6-7-28(26)56(53-37)19-36(61)55-18-25(43)9-29(55)40(64)52-32-5-3-4-31(42)51-32)23-10-47-41(48-11-23)49-16-35(60)46-15-34(59)45-14-33(58)44-13-30-39(63)38(62)27(20-65-30)24-12-50-54(2)17-24/h3-8,10-12,17,25,27,29-30,38-39,62-63H,9,13-16,18-20H2,1-2H3,(H,44,58)(H,45,59)(H,46,60)(H,47,48,49)(H,51,52,64)/t25-,27+,29+,30-,38-,39+/m1/s1. The number of fused-ring (bicyclic) bond motifs is 1. The third kappa shape index (κ3) is 11.3. The summed E-state index contributed by atoms with van der Waals surface area (Å²) in [5.41, 5.74) is 2.42. The Hall–Kier alpha value is -6.76. The quantitative estimate of drug-likeness (QED) is 0.0499. The van der Waals surface area contributed by atoms with E-state index < -0.39 is 79.1 Å². The van der Waals surface area contributed by atoms with Crippen LogP contribution in [0.1, 0.15) is 35.3 Å². The molecule has 0 spiro atoms. The molecule has 0 unspecified atom stereocenters. The summed E-state index contributed by atoms with van der Waals surface area (Å²) in [6.07, 6.45) is 1.42. The lowest BCUT2D eigenvalue weighted by Gasteiger charge is -2.37. The van der Waals surface area contributed by atoms with Gasteiger partial charge in [0.15, 0.2) is 5.78 Å². The molecule has 6 heterocycles. The van der Waals surface area contributed by atoms with Gasteiger partial charge in [0.2, 0.25) is 35.5 Å². The topological polar surface area (TPSA) is 290 Å². The zero-order valence-electron chi connectivity index (χ0n) is 35.0. The van der Waals surface area contributed by atoms with Crippen LogP contribution in [0.3, 0.4) is 0 Å². The third-order valence-corrected chi connectivity index (χ3v) is 11.2. The van der Waals surface area contributed by atoms with Gasteiger partial charge >= 0.3 is 0 Å².